The van der Waals surface area contributed by atoms with Gasteiger partial charge in [0.15, 0.2) is 0 Å². The zero-order chi connectivity index (χ0) is 48.1. The first-order valence-corrected chi connectivity index (χ1v) is 26.7. The predicted octanol–water partition coefficient (Wildman–Crippen LogP) is 18.8. The van der Waals surface area contributed by atoms with Crippen LogP contribution < -0.4 is 9.47 Å². The third kappa shape index (κ3) is 18.3. The summed E-state index contributed by atoms with van der Waals surface area (Å²) in [5, 5.41) is 0. The zero-order valence-electron chi connectivity index (χ0n) is 40.4. The lowest BCUT2D eigenvalue weighted by Gasteiger charge is -2.26. The van der Waals surface area contributed by atoms with Gasteiger partial charge in [0.2, 0.25) is 5.54 Å². The summed E-state index contributed by atoms with van der Waals surface area (Å²) in [5.74, 6) is 4.65. The van der Waals surface area contributed by atoms with Crippen molar-refractivity contribution in [2.75, 3.05) is 5.75 Å². The Morgan fingerprint density at radius 1 is 0.449 bits per heavy atom. The number of rotatable bonds is 15. The topological polar surface area (TPSA) is 27.2 Å². The molecule has 7 aromatic carbocycles. The molecule has 0 radical (unpaired) electrons. The van der Waals surface area contributed by atoms with Gasteiger partial charge in [0.1, 0.15) is 23.0 Å². The molecule has 0 spiro atoms. The van der Waals surface area contributed by atoms with Crippen LogP contribution in [0.2, 0.25) is 0 Å². The first-order chi connectivity index (χ1) is 34.0. The molecule has 2 aliphatic carbocycles. The summed E-state index contributed by atoms with van der Waals surface area (Å²) in [6, 6.07) is 67.7. The van der Waals surface area contributed by atoms with Crippen molar-refractivity contribution in [2.24, 2.45) is 0 Å². The van der Waals surface area contributed by atoms with E-state index in [9.17, 15) is 0 Å². The van der Waals surface area contributed by atoms with Crippen molar-refractivity contribution in [3.63, 3.8) is 0 Å². The summed E-state index contributed by atoms with van der Waals surface area (Å²) in [5.41, 5.74) is 4.06. The summed E-state index contributed by atoms with van der Waals surface area (Å²) in [4.78, 5) is 9.87. The molecule has 0 N–H and O–H groups in total. The van der Waals surface area contributed by atoms with Gasteiger partial charge in [0.25, 0.3) is 4.87 Å². The Labute approximate surface area is 422 Å². The molecule has 7 aromatic rings. The van der Waals surface area contributed by atoms with E-state index >= 15 is 0 Å². The number of unbranched alkanes of at least 4 members (excludes halogenated alkanes) is 1. The summed E-state index contributed by atoms with van der Waals surface area (Å²) >= 11 is 3.54. The van der Waals surface area contributed by atoms with Crippen molar-refractivity contribution < 1.29 is 9.47 Å². The second kappa shape index (κ2) is 29.7. The Morgan fingerprint density at radius 2 is 0.855 bits per heavy atom. The summed E-state index contributed by atoms with van der Waals surface area (Å²) in [6.07, 6.45) is 17.1. The summed E-state index contributed by atoms with van der Waals surface area (Å²) < 4.78 is 11.9. The van der Waals surface area contributed by atoms with Gasteiger partial charge in [-0.15, -0.1) is 11.8 Å². The highest BCUT2D eigenvalue weighted by molar-refractivity contribution is 8.01. The van der Waals surface area contributed by atoms with E-state index in [0.29, 0.717) is 0 Å². The first kappa shape index (κ1) is 52.2. The van der Waals surface area contributed by atoms with Crippen LogP contribution in [0.3, 0.4) is 0 Å². The molecule has 6 heteroatoms. The number of para-hydroxylation sites is 4. The fourth-order valence-electron chi connectivity index (χ4n) is 8.47. The van der Waals surface area contributed by atoms with Gasteiger partial charge in [-0.25, -0.2) is 13.1 Å². The van der Waals surface area contributed by atoms with Gasteiger partial charge in [-0.05, 0) is 128 Å². The van der Waals surface area contributed by atoms with Crippen LogP contribution in [0.1, 0.15) is 101 Å². The van der Waals surface area contributed by atoms with Crippen LogP contribution in [0.15, 0.2) is 210 Å². The van der Waals surface area contributed by atoms with Crippen LogP contribution >= 0.6 is 23.5 Å². The van der Waals surface area contributed by atoms with Gasteiger partial charge in [-0.2, -0.15) is 0 Å². The van der Waals surface area contributed by atoms with E-state index in [0.717, 1.165) is 91.4 Å². The van der Waals surface area contributed by atoms with Crippen molar-refractivity contribution >= 4 is 23.5 Å². The van der Waals surface area contributed by atoms with Gasteiger partial charge >= 0.3 is 0 Å². The third-order valence-electron chi connectivity index (χ3n) is 12.3. The van der Waals surface area contributed by atoms with E-state index in [-0.39, 0.29) is 10.4 Å². The lowest BCUT2D eigenvalue weighted by atomic mass is 9.78. The Balaban J connectivity index is 0.000000154. The lowest BCUT2D eigenvalue weighted by Crippen LogP contribution is -2.30. The largest absolute Gasteiger partial charge is 0.456 e. The fourth-order valence-corrected chi connectivity index (χ4v) is 10.9. The second-order valence-electron chi connectivity index (χ2n) is 17.7. The minimum atomic E-state index is -0.311. The Bertz CT molecular complexity index is 2510. The standard InChI is InChI=1S/C19H19NOS.C16H18OS.C14H17N.C14H14/c1-20-19(14-8-3-9-15-19)22-18-13-7-6-12-17(18)21-16-10-4-2-5-11-16;1-2-3-13-18-16-12-8-7-11-15(16)17-14-9-5-4-6-10-14;1-15-14(10-6-3-7-11-14)12-13-8-4-2-5-9-13;1-3-7-13(8-4-1)11-12-14-9-5-2-6-10-14/h2,4-7,10-13H,3,8-9,14-15H2;4-12H,2-3,13H2,1H3;2,4-5,8-9H,3,6-7,10-12H2;1-10H,11-12H2. The number of thioether (sulfide) groups is 2. The van der Waals surface area contributed by atoms with Crippen LogP contribution in [-0.2, 0) is 19.3 Å². The third-order valence-corrected chi connectivity index (χ3v) is 14.9. The van der Waals surface area contributed by atoms with E-state index in [1.807, 2.05) is 109 Å². The Hall–Kier alpha value is -6.18. The molecule has 0 aliphatic heterocycles. The summed E-state index contributed by atoms with van der Waals surface area (Å²) in [6.45, 7) is 17.3. The highest BCUT2D eigenvalue weighted by Crippen LogP contribution is 2.48. The minimum Gasteiger partial charge on any atom is -0.456 e. The maximum absolute atomic E-state index is 7.65. The van der Waals surface area contributed by atoms with Crippen molar-refractivity contribution in [1.82, 2.24) is 0 Å². The SMILES string of the molecule is CCCCSc1ccccc1Oc1ccccc1.[C-]#[N+]C1(Cc2ccccc2)CCCCC1.[C-]#[N+]C1(Sc2ccccc2Oc2ccccc2)CCCCC1.c1ccc(CCc2ccccc2)cc1. The average molecular weight is 949 g/mol. The second-order valence-corrected chi connectivity index (χ2v) is 20.2. The number of hydrogen-bond donors (Lipinski definition) is 0. The minimum absolute atomic E-state index is 0.0837. The Morgan fingerprint density at radius 3 is 1.32 bits per heavy atom. The maximum Gasteiger partial charge on any atom is 0.282 e. The fraction of sp³-hybridized carbons (Fsp3) is 0.302. The van der Waals surface area contributed by atoms with E-state index in [4.69, 9.17) is 22.6 Å². The number of aryl methyl sites for hydroxylation is 2. The van der Waals surface area contributed by atoms with Gasteiger partial charge < -0.3 is 14.3 Å². The molecule has 0 saturated heterocycles. The van der Waals surface area contributed by atoms with E-state index < -0.39 is 0 Å². The number of benzene rings is 7. The zero-order valence-corrected chi connectivity index (χ0v) is 42.0. The normalized spacial score (nSPS) is 14.2. The highest BCUT2D eigenvalue weighted by atomic mass is 32.2. The molecule has 2 saturated carbocycles. The van der Waals surface area contributed by atoms with Crippen molar-refractivity contribution in [3.8, 4) is 23.0 Å². The van der Waals surface area contributed by atoms with Crippen molar-refractivity contribution in [1.29, 1.82) is 0 Å². The molecule has 354 valence electrons. The molecule has 2 aliphatic rings. The molecule has 0 heterocycles. The van der Waals surface area contributed by atoms with Crippen LogP contribution in [0.25, 0.3) is 9.69 Å². The van der Waals surface area contributed by atoms with Gasteiger partial charge in [0, 0.05) is 25.7 Å². The molecular formula is C63H68N2O2S2. The molecule has 4 nitrogen and oxygen atoms in total. The van der Waals surface area contributed by atoms with Crippen molar-refractivity contribution in [2.45, 2.75) is 123 Å². The van der Waals surface area contributed by atoms with Gasteiger partial charge in [-0.3, -0.25) is 4.85 Å². The average Bonchev–Trinajstić information content (AvgIpc) is 3.42. The molecule has 69 heavy (non-hydrogen) atoms. The van der Waals surface area contributed by atoms with E-state index in [2.05, 4.69) is 120 Å². The molecular weight excluding hydrogens is 881 g/mol. The number of hydrogen-bond acceptors (Lipinski definition) is 4. The van der Waals surface area contributed by atoms with Crippen molar-refractivity contribution in [3.05, 3.63) is 240 Å². The predicted molar refractivity (Wildman–Crippen MR) is 293 cm³/mol. The number of ether oxygens (including phenoxy) is 2. The number of nitrogens with zero attached hydrogens (tertiary/aromatic N) is 2. The quantitative estimate of drug-likeness (QED) is 0.0581. The van der Waals surface area contributed by atoms with E-state index in [1.54, 1.807) is 11.8 Å². The molecule has 9 rings (SSSR count). The van der Waals surface area contributed by atoms with Crippen LogP contribution in [0.4, 0.5) is 0 Å². The monoisotopic (exact) mass is 948 g/mol. The van der Waals surface area contributed by atoms with Crippen LogP contribution in [0.5, 0.6) is 23.0 Å². The smallest absolute Gasteiger partial charge is 0.282 e. The summed E-state index contributed by atoms with van der Waals surface area (Å²) in [7, 11) is 0. The van der Waals surface area contributed by atoms with Gasteiger partial charge in [-0.1, -0.05) is 178 Å². The molecule has 2 fully saturated rings. The highest BCUT2D eigenvalue weighted by Gasteiger charge is 2.40. The molecule has 0 unspecified atom stereocenters. The Kier molecular flexibility index (Phi) is 22.4. The van der Waals surface area contributed by atoms with E-state index in [1.165, 1.54) is 60.1 Å². The first-order valence-electron chi connectivity index (χ1n) is 24.9. The molecule has 0 atom stereocenters. The van der Waals surface area contributed by atoms with Gasteiger partial charge in [0.05, 0.1) is 16.2 Å². The molecule has 0 bridgehead atoms. The van der Waals surface area contributed by atoms with Crippen LogP contribution in [-0.4, -0.2) is 16.2 Å². The lowest BCUT2D eigenvalue weighted by molar-refractivity contribution is 0.344. The van der Waals surface area contributed by atoms with Crippen LogP contribution in [0, 0.1) is 13.1 Å². The molecule has 0 amide bonds. The molecule has 0 aromatic heterocycles. The maximum atomic E-state index is 7.65.